The molecule has 0 aliphatic heterocycles. The average Bonchev–Trinajstić information content (AvgIpc) is 2.66. The predicted octanol–water partition coefficient (Wildman–Crippen LogP) is 4.86. The molecule has 1 aliphatic carbocycles. The molecule has 1 saturated carbocycles. The van der Waals surface area contributed by atoms with E-state index in [0.29, 0.717) is 11.8 Å². The van der Waals surface area contributed by atoms with E-state index < -0.39 is 6.17 Å². The lowest BCUT2D eigenvalue weighted by Crippen LogP contribution is -2.27. The molecule has 0 radical (unpaired) electrons. The van der Waals surface area contributed by atoms with Gasteiger partial charge in [0, 0.05) is 5.41 Å². The van der Waals surface area contributed by atoms with Crippen LogP contribution in [0, 0.1) is 28.6 Å². The lowest BCUT2D eigenvalue weighted by molar-refractivity contribution is 0.205. The summed E-state index contributed by atoms with van der Waals surface area (Å²) >= 11 is 0. The minimum absolute atomic E-state index is 0.172. The fraction of sp³-hybridized carbons (Fsp3) is 0.867. The predicted molar refractivity (Wildman–Crippen MR) is 69.1 cm³/mol. The number of allylic oxidation sites excluding steroid dienone is 2. The van der Waals surface area contributed by atoms with Crippen molar-refractivity contribution in [2.45, 2.75) is 54.6 Å². The third-order valence-electron chi connectivity index (χ3n) is 5.19. The summed E-state index contributed by atoms with van der Waals surface area (Å²) in [5.41, 5.74) is -0.0317. The lowest BCUT2D eigenvalue weighted by atomic mass is 9.70. The van der Waals surface area contributed by atoms with Gasteiger partial charge in [0.15, 0.2) is 0 Å². The van der Waals surface area contributed by atoms with Crippen LogP contribution in [0.3, 0.4) is 0 Å². The molecular formula is C15H27F. The Morgan fingerprint density at radius 2 is 1.56 bits per heavy atom. The fourth-order valence-electron chi connectivity index (χ4n) is 2.34. The van der Waals surface area contributed by atoms with Crippen molar-refractivity contribution in [3.05, 3.63) is 12.2 Å². The largest absolute Gasteiger partial charge is 0.246 e. The second-order valence-electron chi connectivity index (χ2n) is 6.57. The minimum Gasteiger partial charge on any atom is -0.246 e. The summed E-state index contributed by atoms with van der Waals surface area (Å²) in [7, 11) is 0. The third kappa shape index (κ3) is 2.06. The summed E-state index contributed by atoms with van der Waals surface area (Å²) in [4.78, 5) is 0. The second-order valence-corrected chi connectivity index (χ2v) is 6.57. The Labute approximate surface area is 100 Å². The molecule has 3 atom stereocenters. The van der Waals surface area contributed by atoms with Crippen molar-refractivity contribution < 1.29 is 4.39 Å². The SMILES string of the molecule is CC(C)C(C)(/C=C\C1(C)C(C)[C@H]1F)C(C)C. The topological polar surface area (TPSA) is 0 Å². The minimum atomic E-state index is -0.646. The standard InChI is InChI=1S/C15H27F/c1-10(2)14(6,11(3)4)8-9-15(7)12(5)13(15)16/h8-13H,1-7H3/b9-8-/t12?,13-,15?/m1/s1. The van der Waals surface area contributed by atoms with Crippen molar-refractivity contribution in [3.8, 4) is 0 Å². The molecule has 0 heterocycles. The molecule has 94 valence electrons. The van der Waals surface area contributed by atoms with Crippen LogP contribution in [-0.2, 0) is 0 Å². The van der Waals surface area contributed by atoms with Crippen molar-refractivity contribution in [2.24, 2.45) is 28.6 Å². The number of rotatable bonds is 4. The van der Waals surface area contributed by atoms with Crippen LogP contribution in [0.1, 0.15) is 48.5 Å². The van der Waals surface area contributed by atoms with Crippen LogP contribution in [0.15, 0.2) is 12.2 Å². The maximum Gasteiger partial charge on any atom is 0.113 e. The maximum absolute atomic E-state index is 13.5. The molecule has 1 rings (SSSR count). The van der Waals surface area contributed by atoms with Crippen molar-refractivity contribution in [1.29, 1.82) is 0 Å². The fourth-order valence-corrected chi connectivity index (χ4v) is 2.34. The molecule has 0 bridgehead atoms. The molecule has 1 aliphatic rings. The van der Waals surface area contributed by atoms with E-state index in [9.17, 15) is 4.39 Å². The Morgan fingerprint density at radius 3 is 1.81 bits per heavy atom. The van der Waals surface area contributed by atoms with Crippen LogP contribution in [0.4, 0.5) is 4.39 Å². The highest BCUT2D eigenvalue weighted by molar-refractivity contribution is 5.20. The molecule has 0 N–H and O–H groups in total. The van der Waals surface area contributed by atoms with Crippen LogP contribution in [0.25, 0.3) is 0 Å². The molecule has 1 fully saturated rings. The first-order chi connectivity index (χ1) is 7.16. The maximum atomic E-state index is 13.5. The van der Waals surface area contributed by atoms with Gasteiger partial charge in [0.2, 0.25) is 0 Å². The molecule has 0 saturated heterocycles. The molecule has 1 heteroatoms. The number of alkyl halides is 1. The normalized spacial score (nSPS) is 35.4. The van der Waals surface area contributed by atoms with Gasteiger partial charge in [0.1, 0.15) is 6.17 Å². The Balaban J connectivity index is 2.82. The smallest absolute Gasteiger partial charge is 0.113 e. The lowest BCUT2D eigenvalue weighted by Gasteiger charge is -2.35. The van der Waals surface area contributed by atoms with E-state index in [-0.39, 0.29) is 16.7 Å². The Kier molecular flexibility index (Phi) is 3.57. The van der Waals surface area contributed by atoms with Gasteiger partial charge >= 0.3 is 0 Å². The molecule has 0 aromatic rings. The molecule has 0 amide bonds. The van der Waals surface area contributed by atoms with Gasteiger partial charge < -0.3 is 0 Å². The monoisotopic (exact) mass is 226 g/mol. The highest BCUT2D eigenvalue weighted by Crippen LogP contribution is 2.56. The number of halogens is 1. The van der Waals surface area contributed by atoms with Crippen LogP contribution in [0.2, 0.25) is 0 Å². The first-order valence-electron chi connectivity index (χ1n) is 6.50. The number of hydrogen-bond donors (Lipinski definition) is 0. The molecule has 0 spiro atoms. The second kappa shape index (κ2) is 4.16. The molecule has 0 aromatic carbocycles. The summed E-state index contributed by atoms with van der Waals surface area (Å²) in [5.74, 6) is 1.35. The molecule has 0 aromatic heterocycles. The Morgan fingerprint density at radius 1 is 1.19 bits per heavy atom. The van der Waals surface area contributed by atoms with E-state index in [0.717, 1.165) is 0 Å². The van der Waals surface area contributed by atoms with Crippen LogP contribution in [0.5, 0.6) is 0 Å². The van der Waals surface area contributed by atoms with Gasteiger partial charge in [-0.1, -0.05) is 60.6 Å². The zero-order chi connectivity index (χ0) is 12.7. The quantitative estimate of drug-likeness (QED) is 0.601. The van der Waals surface area contributed by atoms with Crippen molar-refractivity contribution in [1.82, 2.24) is 0 Å². The van der Waals surface area contributed by atoms with E-state index in [2.05, 4.69) is 46.8 Å². The third-order valence-corrected chi connectivity index (χ3v) is 5.19. The van der Waals surface area contributed by atoms with Gasteiger partial charge in [-0.05, 0) is 23.2 Å². The van der Waals surface area contributed by atoms with Gasteiger partial charge in [-0.15, -0.1) is 0 Å². The average molecular weight is 226 g/mol. The van der Waals surface area contributed by atoms with Crippen molar-refractivity contribution in [3.63, 3.8) is 0 Å². The van der Waals surface area contributed by atoms with E-state index >= 15 is 0 Å². The van der Waals surface area contributed by atoms with E-state index in [4.69, 9.17) is 0 Å². The van der Waals surface area contributed by atoms with E-state index in [1.54, 1.807) is 0 Å². The van der Waals surface area contributed by atoms with E-state index in [1.165, 1.54) is 0 Å². The summed E-state index contributed by atoms with van der Waals surface area (Å²) in [5, 5.41) is 0. The first-order valence-corrected chi connectivity index (χ1v) is 6.50. The van der Waals surface area contributed by atoms with E-state index in [1.807, 2.05) is 13.8 Å². The van der Waals surface area contributed by atoms with Crippen LogP contribution in [-0.4, -0.2) is 6.17 Å². The first kappa shape index (κ1) is 13.7. The van der Waals surface area contributed by atoms with Crippen molar-refractivity contribution >= 4 is 0 Å². The molecule has 0 nitrogen and oxygen atoms in total. The van der Waals surface area contributed by atoms with Gasteiger partial charge in [-0.25, -0.2) is 4.39 Å². The zero-order valence-corrected chi connectivity index (χ0v) is 11.8. The summed E-state index contributed by atoms with van der Waals surface area (Å²) in [6.07, 6.45) is 3.74. The summed E-state index contributed by atoms with van der Waals surface area (Å²) < 4.78 is 13.5. The van der Waals surface area contributed by atoms with Crippen molar-refractivity contribution in [2.75, 3.05) is 0 Å². The van der Waals surface area contributed by atoms with Crippen LogP contribution < -0.4 is 0 Å². The molecular weight excluding hydrogens is 199 g/mol. The molecule has 16 heavy (non-hydrogen) atoms. The number of hydrogen-bond acceptors (Lipinski definition) is 0. The summed E-state index contributed by atoms with van der Waals surface area (Å²) in [6, 6.07) is 0. The zero-order valence-electron chi connectivity index (χ0n) is 11.8. The van der Waals surface area contributed by atoms with Gasteiger partial charge in [-0.3, -0.25) is 0 Å². The highest BCUT2D eigenvalue weighted by atomic mass is 19.1. The van der Waals surface area contributed by atoms with Crippen LogP contribution >= 0.6 is 0 Å². The van der Waals surface area contributed by atoms with Gasteiger partial charge in [0.05, 0.1) is 0 Å². The highest BCUT2D eigenvalue weighted by Gasteiger charge is 2.57. The Bertz CT molecular complexity index is 259. The molecule has 2 unspecified atom stereocenters. The Hall–Kier alpha value is -0.330. The van der Waals surface area contributed by atoms with Gasteiger partial charge in [-0.2, -0.15) is 0 Å². The summed E-state index contributed by atoms with van der Waals surface area (Å²) in [6.45, 7) is 15.3. The van der Waals surface area contributed by atoms with Gasteiger partial charge in [0.25, 0.3) is 0 Å².